The fourth-order valence-electron chi connectivity index (χ4n) is 5.41. The molecular weight excluding hydrogens is 486 g/mol. The zero-order chi connectivity index (χ0) is 26.2. The van der Waals surface area contributed by atoms with E-state index in [0.717, 1.165) is 43.0 Å². The molecule has 0 spiro atoms. The summed E-state index contributed by atoms with van der Waals surface area (Å²) in [5.41, 5.74) is 2.67. The molecule has 0 aliphatic heterocycles. The maximum Gasteiger partial charge on any atom is 0.326 e. The highest BCUT2D eigenvalue weighted by atomic mass is 16.4. The number of aromatic nitrogens is 4. The van der Waals surface area contributed by atoms with Crippen LogP contribution < -0.4 is 10.9 Å². The van der Waals surface area contributed by atoms with E-state index in [1.807, 2.05) is 30.3 Å². The number of nitrogens with zero attached hydrogens (tertiary/aromatic N) is 2. The van der Waals surface area contributed by atoms with Crippen molar-refractivity contribution >= 4 is 28.4 Å². The number of furan rings is 1. The lowest BCUT2D eigenvalue weighted by atomic mass is 9.83. The summed E-state index contributed by atoms with van der Waals surface area (Å²) in [5, 5.41) is 16.2. The largest absolute Gasteiger partial charge is 0.480 e. The summed E-state index contributed by atoms with van der Waals surface area (Å²) >= 11 is 0. The van der Waals surface area contributed by atoms with Gasteiger partial charge in [-0.15, -0.1) is 0 Å². The molecule has 1 amide bonds. The molecule has 1 aliphatic rings. The Hall–Kier alpha value is -4.60. The third kappa shape index (κ3) is 4.38. The molecular formula is C28H27N5O5. The second-order valence-electron chi connectivity index (χ2n) is 9.81. The molecule has 10 heteroatoms. The first-order valence-electron chi connectivity index (χ1n) is 12.8. The van der Waals surface area contributed by atoms with E-state index in [9.17, 15) is 19.5 Å². The van der Waals surface area contributed by atoms with E-state index in [1.54, 1.807) is 18.4 Å². The summed E-state index contributed by atoms with van der Waals surface area (Å²) in [6.07, 6.45) is 6.60. The number of para-hydroxylation sites is 1. The van der Waals surface area contributed by atoms with Gasteiger partial charge in [-0.05, 0) is 48.4 Å². The number of aromatic amines is 2. The van der Waals surface area contributed by atoms with Crippen molar-refractivity contribution in [2.75, 3.05) is 0 Å². The molecule has 0 saturated heterocycles. The topological polar surface area (TPSA) is 145 Å². The molecule has 38 heavy (non-hydrogen) atoms. The standard InChI is InChI=1S/C28H27N5O5/c34-26(30-21(28(36)37)14-18-13-17-9-4-5-10-19(17)29-18)20-15-23-31-25(22-11-6-12-38-22)24(27(35)33(23)32-20)16-7-2-1-3-8-16/h4-6,9-13,15-16,21,29,32H,1-3,7-8,14H2,(H,30,34)(H,36,37)/t21-/m0/s1. The summed E-state index contributed by atoms with van der Waals surface area (Å²) < 4.78 is 6.86. The number of hydrogen-bond donors (Lipinski definition) is 4. The third-order valence-electron chi connectivity index (χ3n) is 7.28. The van der Waals surface area contributed by atoms with Crippen LogP contribution in [0.5, 0.6) is 0 Å². The number of hydrogen-bond acceptors (Lipinski definition) is 5. The van der Waals surface area contributed by atoms with Crippen molar-refractivity contribution in [3.63, 3.8) is 0 Å². The molecule has 1 atom stereocenters. The van der Waals surface area contributed by atoms with Crippen molar-refractivity contribution in [3.05, 3.63) is 82.1 Å². The van der Waals surface area contributed by atoms with E-state index in [4.69, 9.17) is 9.40 Å². The van der Waals surface area contributed by atoms with Crippen LogP contribution >= 0.6 is 0 Å². The SMILES string of the molecule is O=C(N[C@@H](Cc1cc2ccccc2[nH]1)C(=O)O)c1cc2nc(-c3ccco3)c(C3CCCCC3)c(=O)n2[nH]1. The van der Waals surface area contributed by atoms with Crippen molar-refractivity contribution in [1.82, 2.24) is 24.9 Å². The number of rotatable bonds is 7. The average molecular weight is 514 g/mol. The number of fused-ring (bicyclic) bond motifs is 2. The molecule has 0 bridgehead atoms. The van der Waals surface area contributed by atoms with Crippen LogP contribution in [0.15, 0.2) is 64.0 Å². The summed E-state index contributed by atoms with van der Waals surface area (Å²) in [6.45, 7) is 0. The van der Waals surface area contributed by atoms with Gasteiger partial charge in [0.2, 0.25) is 0 Å². The van der Waals surface area contributed by atoms with Crippen molar-refractivity contribution in [1.29, 1.82) is 0 Å². The van der Waals surface area contributed by atoms with Gasteiger partial charge >= 0.3 is 5.97 Å². The van der Waals surface area contributed by atoms with Gasteiger partial charge in [-0.2, -0.15) is 0 Å². The smallest absolute Gasteiger partial charge is 0.326 e. The van der Waals surface area contributed by atoms with Gasteiger partial charge in [-0.1, -0.05) is 37.5 Å². The first kappa shape index (κ1) is 23.8. The molecule has 0 radical (unpaired) electrons. The lowest BCUT2D eigenvalue weighted by Crippen LogP contribution is -2.42. The fourth-order valence-corrected chi connectivity index (χ4v) is 5.41. The normalized spacial score (nSPS) is 15.2. The first-order chi connectivity index (χ1) is 18.5. The second kappa shape index (κ2) is 9.70. The number of aliphatic carboxylic acids is 1. The van der Waals surface area contributed by atoms with Crippen LogP contribution in [0.2, 0.25) is 0 Å². The Morgan fingerprint density at radius 1 is 1.13 bits per heavy atom. The summed E-state index contributed by atoms with van der Waals surface area (Å²) in [4.78, 5) is 46.7. The highest BCUT2D eigenvalue weighted by molar-refractivity contribution is 5.96. The number of amides is 1. The van der Waals surface area contributed by atoms with E-state index in [2.05, 4.69) is 15.4 Å². The molecule has 1 aliphatic carbocycles. The monoisotopic (exact) mass is 513 g/mol. The molecule has 1 fully saturated rings. The minimum absolute atomic E-state index is 0.0451. The van der Waals surface area contributed by atoms with Crippen LogP contribution in [0.1, 0.15) is 59.8 Å². The molecule has 6 rings (SSSR count). The van der Waals surface area contributed by atoms with Gasteiger partial charge in [-0.3, -0.25) is 14.7 Å². The summed E-state index contributed by atoms with van der Waals surface area (Å²) in [5.74, 6) is -1.25. The molecule has 0 unspecified atom stereocenters. The quantitative estimate of drug-likeness (QED) is 0.256. The van der Waals surface area contributed by atoms with Crippen LogP contribution in [-0.4, -0.2) is 42.6 Å². The Bertz CT molecular complexity index is 1650. The minimum Gasteiger partial charge on any atom is -0.480 e. The van der Waals surface area contributed by atoms with E-state index in [0.29, 0.717) is 22.7 Å². The van der Waals surface area contributed by atoms with Crippen LogP contribution in [0.25, 0.3) is 28.0 Å². The minimum atomic E-state index is -1.18. The van der Waals surface area contributed by atoms with E-state index >= 15 is 0 Å². The van der Waals surface area contributed by atoms with Crippen LogP contribution in [0.3, 0.4) is 0 Å². The predicted molar refractivity (Wildman–Crippen MR) is 140 cm³/mol. The Morgan fingerprint density at radius 2 is 1.95 bits per heavy atom. The van der Waals surface area contributed by atoms with Crippen molar-refractivity contribution in [3.8, 4) is 11.5 Å². The van der Waals surface area contributed by atoms with Gasteiger partial charge < -0.3 is 19.8 Å². The van der Waals surface area contributed by atoms with Gasteiger partial charge in [0, 0.05) is 23.7 Å². The highest BCUT2D eigenvalue weighted by Gasteiger charge is 2.28. The van der Waals surface area contributed by atoms with Crippen LogP contribution in [0, 0.1) is 0 Å². The maximum atomic E-state index is 13.7. The zero-order valence-corrected chi connectivity index (χ0v) is 20.6. The first-order valence-corrected chi connectivity index (χ1v) is 12.8. The fraction of sp³-hybridized carbons (Fsp3) is 0.286. The van der Waals surface area contributed by atoms with Crippen LogP contribution in [0.4, 0.5) is 0 Å². The van der Waals surface area contributed by atoms with Crippen LogP contribution in [-0.2, 0) is 11.2 Å². The Morgan fingerprint density at radius 3 is 2.68 bits per heavy atom. The summed E-state index contributed by atoms with van der Waals surface area (Å²) in [7, 11) is 0. The molecule has 194 valence electrons. The van der Waals surface area contributed by atoms with Gasteiger partial charge in [0.05, 0.1) is 11.8 Å². The number of carbonyl (C=O) groups is 2. The van der Waals surface area contributed by atoms with Gasteiger partial charge in [-0.25, -0.2) is 14.3 Å². The maximum absolute atomic E-state index is 13.7. The Kier molecular flexibility index (Phi) is 6.07. The molecule has 1 saturated carbocycles. The number of nitrogens with one attached hydrogen (secondary N) is 3. The zero-order valence-electron chi connectivity index (χ0n) is 20.6. The molecule has 4 aromatic heterocycles. The lowest BCUT2D eigenvalue weighted by Gasteiger charge is -2.22. The van der Waals surface area contributed by atoms with Crippen molar-refractivity contribution in [2.24, 2.45) is 0 Å². The highest BCUT2D eigenvalue weighted by Crippen LogP contribution is 2.35. The van der Waals surface area contributed by atoms with Crippen molar-refractivity contribution in [2.45, 2.75) is 50.5 Å². The molecule has 4 heterocycles. The number of carboxylic acids is 1. The molecule has 4 N–H and O–H groups in total. The average Bonchev–Trinajstić information content (AvgIpc) is 3.68. The number of carboxylic acid groups (broad SMARTS) is 1. The summed E-state index contributed by atoms with van der Waals surface area (Å²) in [6, 6.07) is 13.3. The Balaban J connectivity index is 1.32. The van der Waals surface area contributed by atoms with Crippen molar-refractivity contribution < 1.29 is 19.1 Å². The second-order valence-corrected chi connectivity index (χ2v) is 9.81. The third-order valence-corrected chi connectivity index (χ3v) is 7.28. The van der Waals surface area contributed by atoms with Gasteiger partial charge in [0.1, 0.15) is 17.4 Å². The molecule has 10 nitrogen and oxygen atoms in total. The number of H-pyrrole nitrogens is 2. The van der Waals surface area contributed by atoms with E-state index < -0.39 is 17.9 Å². The Labute approximate surface area is 216 Å². The van der Waals surface area contributed by atoms with Gasteiger partial charge in [0.25, 0.3) is 11.5 Å². The molecule has 1 aromatic carbocycles. The predicted octanol–water partition coefficient (Wildman–Crippen LogP) is 4.24. The lowest BCUT2D eigenvalue weighted by molar-refractivity contribution is -0.139. The van der Waals surface area contributed by atoms with Gasteiger partial charge in [0.15, 0.2) is 11.4 Å². The van der Waals surface area contributed by atoms with E-state index in [-0.39, 0.29) is 29.2 Å². The van der Waals surface area contributed by atoms with E-state index in [1.165, 1.54) is 10.6 Å². The number of carbonyl (C=O) groups excluding carboxylic acids is 1. The number of benzene rings is 1. The molecule has 5 aromatic rings.